The van der Waals surface area contributed by atoms with Gasteiger partial charge in [0.05, 0.1) is 16.8 Å². The Hall–Kier alpha value is -3.39. The summed E-state index contributed by atoms with van der Waals surface area (Å²) in [6.45, 7) is 5.87. The lowest BCUT2D eigenvalue weighted by Crippen LogP contribution is -2.32. The number of hydrogen-bond donors (Lipinski definition) is 2. The zero-order chi connectivity index (χ0) is 22.4. The summed E-state index contributed by atoms with van der Waals surface area (Å²) < 4.78 is 33.3. The Kier molecular flexibility index (Phi) is 6.91. The fourth-order valence-electron chi connectivity index (χ4n) is 2.85. The van der Waals surface area contributed by atoms with Crippen molar-refractivity contribution in [2.75, 3.05) is 10.0 Å². The summed E-state index contributed by atoms with van der Waals surface area (Å²) in [5, 5.41) is 2.78. The highest BCUT2D eigenvalue weighted by Gasteiger charge is 2.20. The quantitative estimate of drug-likeness (QED) is 0.546. The number of nitrogens with one attached hydrogen (secondary N) is 2. The molecule has 1 amide bonds. The van der Waals surface area contributed by atoms with Crippen molar-refractivity contribution in [1.82, 2.24) is 4.98 Å². The van der Waals surface area contributed by atoms with Gasteiger partial charge >= 0.3 is 0 Å². The third-order valence-electron chi connectivity index (χ3n) is 4.77. The van der Waals surface area contributed by atoms with Crippen LogP contribution in [0.5, 0.6) is 5.75 Å². The number of hydrogen-bond acceptors (Lipinski definition) is 5. The maximum atomic E-state index is 12.6. The van der Waals surface area contributed by atoms with Gasteiger partial charge < -0.3 is 10.1 Å². The Morgan fingerprint density at radius 3 is 2.39 bits per heavy atom. The number of pyridine rings is 1. The van der Waals surface area contributed by atoms with Gasteiger partial charge in [-0.25, -0.2) is 8.42 Å². The van der Waals surface area contributed by atoms with Crippen LogP contribution >= 0.6 is 0 Å². The van der Waals surface area contributed by atoms with Gasteiger partial charge in [0.15, 0.2) is 6.10 Å². The molecule has 0 radical (unpaired) electrons. The minimum absolute atomic E-state index is 0.0766. The summed E-state index contributed by atoms with van der Waals surface area (Å²) >= 11 is 0. The summed E-state index contributed by atoms with van der Waals surface area (Å²) in [5.74, 6) is 0.331. The molecule has 2 N–H and O–H groups in total. The van der Waals surface area contributed by atoms with Crippen LogP contribution in [0.15, 0.2) is 71.9 Å². The summed E-state index contributed by atoms with van der Waals surface area (Å²) in [6, 6.07) is 14.9. The van der Waals surface area contributed by atoms with Gasteiger partial charge in [0.1, 0.15) is 5.75 Å². The van der Waals surface area contributed by atoms with Gasteiger partial charge in [0, 0.05) is 11.9 Å². The van der Waals surface area contributed by atoms with Crippen LogP contribution in [-0.4, -0.2) is 25.4 Å². The van der Waals surface area contributed by atoms with Crippen molar-refractivity contribution < 1.29 is 17.9 Å². The molecule has 0 saturated heterocycles. The minimum Gasteiger partial charge on any atom is -0.481 e. The lowest BCUT2D eigenvalue weighted by atomic mass is 10.1. The fourth-order valence-corrected chi connectivity index (χ4v) is 3.89. The van der Waals surface area contributed by atoms with Crippen molar-refractivity contribution in [3.05, 3.63) is 78.1 Å². The van der Waals surface area contributed by atoms with Crippen molar-refractivity contribution >= 4 is 27.3 Å². The Labute approximate surface area is 182 Å². The number of carbonyl (C=O) groups excluding carboxylic acids is 1. The molecule has 0 bridgehead atoms. The number of carbonyl (C=O) groups is 1. The lowest BCUT2D eigenvalue weighted by molar-refractivity contribution is -0.122. The van der Waals surface area contributed by atoms with Gasteiger partial charge in [-0.2, -0.15) is 0 Å². The predicted molar refractivity (Wildman–Crippen MR) is 121 cm³/mol. The van der Waals surface area contributed by atoms with Crippen molar-refractivity contribution in [2.24, 2.45) is 0 Å². The smallest absolute Gasteiger partial charge is 0.265 e. The number of anilines is 2. The van der Waals surface area contributed by atoms with Crippen LogP contribution in [0, 0.1) is 13.8 Å². The average molecular weight is 440 g/mol. The van der Waals surface area contributed by atoms with Gasteiger partial charge in [-0.15, -0.1) is 0 Å². The molecule has 0 unspecified atom stereocenters. The minimum atomic E-state index is -3.76. The van der Waals surface area contributed by atoms with Crippen molar-refractivity contribution in [1.29, 1.82) is 0 Å². The monoisotopic (exact) mass is 439 g/mol. The third-order valence-corrected chi connectivity index (χ3v) is 6.16. The molecule has 3 aromatic rings. The number of aryl methyl sites for hydroxylation is 2. The first-order chi connectivity index (χ1) is 14.8. The highest BCUT2D eigenvalue weighted by Crippen LogP contribution is 2.21. The van der Waals surface area contributed by atoms with E-state index in [1.54, 1.807) is 30.5 Å². The first-order valence-corrected chi connectivity index (χ1v) is 11.3. The van der Waals surface area contributed by atoms with E-state index in [0.29, 0.717) is 23.5 Å². The molecule has 1 atom stereocenters. The molecule has 2 aromatic carbocycles. The van der Waals surface area contributed by atoms with Crippen molar-refractivity contribution in [2.45, 2.75) is 38.2 Å². The average Bonchev–Trinajstić information content (AvgIpc) is 2.75. The molecule has 31 heavy (non-hydrogen) atoms. The van der Waals surface area contributed by atoms with Crippen LogP contribution in [0.25, 0.3) is 0 Å². The van der Waals surface area contributed by atoms with Gasteiger partial charge in [0.25, 0.3) is 15.9 Å². The van der Waals surface area contributed by atoms with E-state index in [1.807, 2.05) is 39.0 Å². The van der Waals surface area contributed by atoms with E-state index < -0.39 is 16.1 Å². The zero-order valence-corrected chi connectivity index (χ0v) is 18.4. The molecule has 0 fully saturated rings. The van der Waals surface area contributed by atoms with Crippen LogP contribution in [0.2, 0.25) is 0 Å². The standard InChI is InChI=1S/C23H25N3O4S/c1-4-22(30-20-10-7-16(2)17(3)14-20)23(27)25-18-8-11-21(12-9-18)31(28,29)26-19-6-5-13-24-15-19/h5-15,22,26H,4H2,1-3H3,(H,25,27)/t22-/m1/s1. The molecule has 0 spiro atoms. The summed E-state index contributed by atoms with van der Waals surface area (Å²) in [7, 11) is -3.76. The molecule has 162 valence electrons. The predicted octanol–water partition coefficient (Wildman–Crippen LogP) is 4.30. The number of aromatic nitrogens is 1. The van der Waals surface area contributed by atoms with E-state index in [9.17, 15) is 13.2 Å². The molecule has 0 aliphatic rings. The molecular formula is C23H25N3O4S. The number of nitrogens with zero attached hydrogens (tertiary/aromatic N) is 1. The van der Waals surface area contributed by atoms with E-state index >= 15 is 0 Å². The Morgan fingerprint density at radius 2 is 1.77 bits per heavy atom. The van der Waals surface area contributed by atoms with Gasteiger partial charge in [-0.1, -0.05) is 13.0 Å². The Morgan fingerprint density at radius 1 is 1.03 bits per heavy atom. The van der Waals surface area contributed by atoms with E-state index in [-0.39, 0.29) is 10.8 Å². The molecular weight excluding hydrogens is 414 g/mol. The van der Waals surface area contributed by atoms with E-state index in [1.165, 1.54) is 18.3 Å². The fraction of sp³-hybridized carbons (Fsp3) is 0.217. The normalized spacial score (nSPS) is 12.1. The molecule has 1 aromatic heterocycles. The number of ether oxygens (including phenoxy) is 1. The third kappa shape index (κ3) is 5.82. The topological polar surface area (TPSA) is 97.4 Å². The lowest BCUT2D eigenvalue weighted by Gasteiger charge is -2.18. The molecule has 8 heteroatoms. The van der Waals surface area contributed by atoms with E-state index in [4.69, 9.17) is 4.74 Å². The van der Waals surface area contributed by atoms with Crippen LogP contribution in [0.3, 0.4) is 0 Å². The summed E-state index contributed by atoms with van der Waals surface area (Å²) in [6.07, 6.45) is 2.80. The highest BCUT2D eigenvalue weighted by molar-refractivity contribution is 7.92. The largest absolute Gasteiger partial charge is 0.481 e. The second-order valence-corrected chi connectivity index (χ2v) is 8.80. The zero-order valence-electron chi connectivity index (χ0n) is 17.6. The molecule has 1 heterocycles. The highest BCUT2D eigenvalue weighted by atomic mass is 32.2. The molecule has 0 aliphatic heterocycles. The number of rotatable bonds is 8. The molecule has 7 nitrogen and oxygen atoms in total. The summed E-state index contributed by atoms with van der Waals surface area (Å²) in [4.78, 5) is 16.6. The second kappa shape index (κ2) is 9.61. The van der Waals surface area contributed by atoms with Crippen molar-refractivity contribution in [3.63, 3.8) is 0 Å². The molecule has 0 aliphatic carbocycles. The maximum absolute atomic E-state index is 12.6. The van der Waals surface area contributed by atoms with Crippen molar-refractivity contribution in [3.8, 4) is 5.75 Å². The Bertz CT molecular complexity index is 1150. The van der Waals surface area contributed by atoms with Gasteiger partial charge in [0.2, 0.25) is 0 Å². The Balaban J connectivity index is 1.66. The van der Waals surface area contributed by atoms with Crippen LogP contribution < -0.4 is 14.8 Å². The van der Waals surface area contributed by atoms with Crippen LogP contribution in [0.1, 0.15) is 24.5 Å². The van der Waals surface area contributed by atoms with Crippen LogP contribution in [0.4, 0.5) is 11.4 Å². The number of amides is 1. The van der Waals surface area contributed by atoms with E-state index in [2.05, 4.69) is 15.0 Å². The number of sulfonamides is 1. The SMILES string of the molecule is CC[C@@H](Oc1ccc(C)c(C)c1)C(=O)Nc1ccc(S(=O)(=O)Nc2cccnc2)cc1. The first kappa shape index (κ1) is 22.3. The molecule has 3 rings (SSSR count). The van der Waals surface area contributed by atoms with Gasteiger partial charge in [-0.3, -0.25) is 14.5 Å². The summed E-state index contributed by atoms with van der Waals surface area (Å²) in [5.41, 5.74) is 3.09. The first-order valence-electron chi connectivity index (χ1n) is 9.86. The van der Waals surface area contributed by atoms with Crippen LogP contribution in [-0.2, 0) is 14.8 Å². The molecule has 0 saturated carbocycles. The van der Waals surface area contributed by atoms with Gasteiger partial charge in [-0.05, 0) is 79.9 Å². The number of benzene rings is 2. The maximum Gasteiger partial charge on any atom is 0.265 e. The second-order valence-electron chi connectivity index (χ2n) is 7.12. The van der Waals surface area contributed by atoms with E-state index in [0.717, 1.165) is 11.1 Å².